The third-order valence-electron chi connectivity index (χ3n) is 3.77. The molecule has 3 rings (SSSR count). The number of halogens is 1. The average Bonchev–Trinajstić information content (AvgIpc) is 2.95. The number of para-hydroxylation sites is 1. The van der Waals surface area contributed by atoms with Crippen LogP contribution in [0.25, 0.3) is 10.9 Å². The first kappa shape index (κ1) is 16.2. The summed E-state index contributed by atoms with van der Waals surface area (Å²) in [6.07, 6.45) is 0. The van der Waals surface area contributed by atoms with Crippen molar-refractivity contribution in [2.24, 2.45) is 0 Å². The van der Waals surface area contributed by atoms with E-state index in [4.69, 9.17) is 16.1 Å². The zero-order chi connectivity index (χ0) is 17.4. The van der Waals surface area contributed by atoms with Crippen LogP contribution in [0.15, 0.2) is 33.6 Å². The summed E-state index contributed by atoms with van der Waals surface area (Å²) in [5.74, 6) is 0.115. The molecule has 0 radical (unpaired) electrons. The van der Waals surface area contributed by atoms with E-state index in [1.54, 1.807) is 45.0 Å². The molecule has 0 saturated heterocycles. The summed E-state index contributed by atoms with van der Waals surface area (Å²) in [7, 11) is 0. The molecule has 0 bridgehead atoms. The highest BCUT2D eigenvalue weighted by molar-refractivity contribution is 6.33. The Balaban J connectivity index is 1.98. The van der Waals surface area contributed by atoms with Crippen LogP contribution in [-0.4, -0.2) is 20.8 Å². The van der Waals surface area contributed by atoms with Crippen molar-refractivity contribution in [3.05, 3.63) is 51.1 Å². The first-order chi connectivity index (χ1) is 11.4. The molecule has 2 aromatic heterocycles. The molecule has 0 aliphatic heterocycles. The van der Waals surface area contributed by atoms with Crippen LogP contribution >= 0.6 is 11.6 Å². The van der Waals surface area contributed by atoms with Crippen molar-refractivity contribution in [3.8, 4) is 0 Å². The van der Waals surface area contributed by atoms with Crippen LogP contribution in [0, 0.1) is 13.8 Å². The molecule has 2 heterocycles. The quantitative estimate of drug-likeness (QED) is 0.787. The highest BCUT2D eigenvalue weighted by Gasteiger charge is 2.22. The van der Waals surface area contributed by atoms with Crippen LogP contribution < -0.4 is 10.9 Å². The number of anilines is 1. The maximum absolute atomic E-state index is 12.5. The number of rotatable bonds is 3. The van der Waals surface area contributed by atoms with E-state index >= 15 is 0 Å². The van der Waals surface area contributed by atoms with Crippen LogP contribution in [0.3, 0.4) is 0 Å². The lowest BCUT2D eigenvalue weighted by atomic mass is 10.2. The lowest BCUT2D eigenvalue weighted by Gasteiger charge is -2.15. The van der Waals surface area contributed by atoms with Crippen LogP contribution in [0.2, 0.25) is 5.02 Å². The van der Waals surface area contributed by atoms with Crippen LogP contribution in [0.4, 0.5) is 5.69 Å². The Morgan fingerprint density at radius 3 is 2.75 bits per heavy atom. The average molecular weight is 347 g/mol. The lowest BCUT2D eigenvalue weighted by Crippen LogP contribution is -2.34. The molecule has 0 aliphatic carbocycles. The topological polar surface area (TPSA) is 90.0 Å². The van der Waals surface area contributed by atoms with E-state index in [0.717, 1.165) is 4.68 Å². The molecular weight excluding hydrogens is 332 g/mol. The van der Waals surface area contributed by atoms with Gasteiger partial charge < -0.3 is 9.84 Å². The number of aromatic nitrogens is 3. The van der Waals surface area contributed by atoms with E-state index in [2.05, 4.69) is 15.6 Å². The second-order valence-corrected chi connectivity index (χ2v) is 5.85. The Labute approximate surface area is 142 Å². The number of amides is 1. The Bertz CT molecular complexity index is 993. The van der Waals surface area contributed by atoms with Crippen molar-refractivity contribution in [2.75, 3.05) is 5.32 Å². The molecule has 1 atom stereocenters. The number of hydrogen-bond donors (Lipinski definition) is 1. The summed E-state index contributed by atoms with van der Waals surface area (Å²) in [6, 6.07) is 6.02. The van der Waals surface area contributed by atoms with Gasteiger partial charge in [0.05, 0.1) is 21.8 Å². The maximum atomic E-state index is 12.5. The van der Waals surface area contributed by atoms with Crippen molar-refractivity contribution in [1.29, 1.82) is 0 Å². The molecular formula is C16H15ClN4O3. The normalized spacial score (nSPS) is 12.3. The first-order valence-electron chi connectivity index (χ1n) is 7.31. The SMILES string of the molecule is Cc1nn(C(C)C(=O)Nc2ccccc2Cl)c(=O)c2noc(C)c12. The Morgan fingerprint density at radius 1 is 1.33 bits per heavy atom. The van der Waals surface area contributed by atoms with E-state index in [0.29, 0.717) is 27.6 Å². The minimum Gasteiger partial charge on any atom is -0.360 e. The van der Waals surface area contributed by atoms with Gasteiger partial charge in [-0.2, -0.15) is 5.10 Å². The Kier molecular flexibility index (Phi) is 4.11. The van der Waals surface area contributed by atoms with Gasteiger partial charge in [0, 0.05) is 0 Å². The van der Waals surface area contributed by atoms with Gasteiger partial charge in [0.15, 0.2) is 5.52 Å². The van der Waals surface area contributed by atoms with Gasteiger partial charge >= 0.3 is 0 Å². The highest BCUT2D eigenvalue weighted by Crippen LogP contribution is 2.22. The van der Waals surface area contributed by atoms with E-state index in [1.165, 1.54) is 0 Å². The number of aryl methyl sites for hydroxylation is 2. The summed E-state index contributed by atoms with van der Waals surface area (Å²) in [5, 5.41) is 11.7. The molecule has 124 valence electrons. The minimum absolute atomic E-state index is 0.164. The molecule has 1 amide bonds. The minimum atomic E-state index is -0.839. The summed E-state index contributed by atoms with van der Waals surface area (Å²) >= 11 is 6.04. The molecule has 24 heavy (non-hydrogen) atoms. The number of fused-ring (bicyclic) bond motifs is 1. The predicted octanol–water partition coefficient (Wildman–Crippen LogP) is 2.85. The van der Waals surface area contributed by atoms with E-state index in [1.807, 2.05) is 0 Å². The van der Waals surface area contributed by atoms with Crippen LogP contribution in [0.5, 0.6) is 0 Å². The molecule has 7 nitrogen and oxygen atoms in total. The molecule has 0 saturated carbocycles. The molecule has 1 unspecified atom stereocenters. The van der Waals surface area contributed by atoms with E-state index in [9.17, 15) is 9.59 Å². The first-order valence-corrected chi connectivity index (χ1v) is 7.68. The molecule has 1 N–H and O–H groups in total. The third-order valence-corrected chi connectivity index (χ3v) is 4.10. The number of nitrogens with zero attached hydrogens (tertiary/aromatic N) is 3. The van der Waals surface area contributed by atoms with Crippen molar-refractivity contribution in [1.82, 2.24) is 14.9 Å². The van der Waals surface area contributed by atoms with Gasteiger partial charge in [-0.3, -0.25) is 9.59 Å². The number of carbonyl (C=O) groups is 1. The molecule has 8 heteroatoms. The zero-order valence-electron chi connectivity index (χ0n) is 13.3. The number of nitrogens with one attached hydrogen (secondary N) is 1. The second-order valence-electron chi connectivity index (χ2n) is 5.44. The standard InChI is InChI=1S/C16H15ClN4O3/c1-8-13-10(3)24-20-14(13)16(23)21(19-8)9(2)15(22)18-12-7-5-4-6-11(12)17/h4-7,9H,1-3H3,(H,18,22). The van der Waals surface area contributed by atoms with E-state index < -0.39 is 17.5 Å². The van der Waals surface area contributed by atoms with E-state index in [-0.39, 0.29) is 5.52 Å². The molecule has 0 aliphatic rings. The van der Waals surface area contributed by atoms with Gasteiger partial charge in [0.2, 0.25) is 5.91 Å². The van der Waals surface area contributed by atoms with Crippen molar-refractivity contribution >= 4 is 34.1 Å². The van der Waals surface area contributed by atoms with Gasteiger partial charge in [-0.25, -0.2) is 4.68 Å². The summed E-state index contributed by atoms with van der Waals surface area (Å²) < 4.78 is 6.16. The molecule has 3 aromatic rings. The zero-order valence-corrected chi connectivity index (χ0v) is 14.1. The number of carbonyl (C=O) groups excluding carboxylic acids is 1. The molecule has 0 spiro atoms. The molecule has 1 aromatic carbocycles. The fraction of sp³-hybridized carbons (Fsp3) is 0.250. The monoisotopic (exact) mass is 346 g/mol. The second kappa shape index (κ2) is 6.09. The van der Waals surface area contributed by atoms with Crippen LogP contribution in [0.1, 0.15) is 24.4 Å². The number of hydrogen-bond acceptors (Lipinski definition) is 5. The van der Waals surface area contributed by atoms with Gasteiger partial charge in [-0.05, 0) is 32.9 Å². The Hall–Kier alpha value is -2.67. The maximum Gasteiger partial charge on any atom is 0.297 e. The molecule has 0 fully saturated rings. The third kappa shape index (κ3) is 2.67. The lowest BCUT2D eigenvalue weighted by molar-refractivity contribution is -0.119. The Morgan fingerprint density at radius 2 is 2.04 bits per heavy atom. The number of benzene rings is 1. The van der Waals surface area contributed by atoms with Gasteiger partial charge in [0.25, 0.3) is 5.56 Å². The van der Waals surface area contributed by atoms with Gasteiger partial charge in [0.1, 0.15) is 11.8 Å². The van der Waals surface area contributed by atoms with Crippen molar-refractivity contribution < 1.29 is 9.32 Å². The van der Waals surface area contributed by atoms with Crippen molar-refractivity contribution in [2.45, 2.75) is 26.8 Å². The smallest absolute Gasteiger partial charge is 0.297 e. The van der Waals surface area contributed by atoms with Gasteiger partial charge in [-0.15, -0.1) is 0 Å². The summed E-state index contributed by atoms with van der Waals surface area (Å²) in [5.41, 5.74) is 0.728. The van der Waals surface area contributed by atoms with Gasteiger partial charge in [-0.1, -0.05) is 28.9 Å². The fourth-order valence-electron chi connectivity index (χ4n) is 2.48. The predicted molar refractivity (Wildman–Crippen MR) is 90.3 cm³/mol. The van der Waals surface area contributed by atoms with Crippen molar-refractivity contribution in [3.63, 3.8) is 0 Å². The summed E-state index contributed by atoms with van der Waals surface area (Å²) in [4.78, 5) is 25.0. The highest BCUT2D eigenvalue weighted by atomic mass is 35.5. The van der Waals surface area contributed by atoms with Crippen LogP contribution in [-0.2, 0) is 4.79 Å². The fourth-order valence-corrected chi connectivity index (χ4v) is 2.67. The summed E-state index contributed by atoms with van der Waals surface area (Å²) in [6.45, 7) is 5.03. The largest absolute Gasteiger partial charge is 0.360 e.